The molecular weight excluding hydrogens is 194 g/mol. The van der Waals surface area contributed by atoms with Crippen molar-refractivity contribution < 1.29 is 0 Å². The molecule has 0 fully saturated rings. The van der Waals surface area contributed by atoms with Crippen LogP contribution in [-0.4, -0.2) is 38.8 Å². The predicted molar refractivity (Wildman–Crippen MR) is 55.7 cm³/mol. The predicted octanol–water partition coefficient (Wildman–Crippen LogP) is -0.295. The number of rotatable bonds is 2. The molecule has 0 unspecified atom stereocenters. The van der Waals surface area contributed by atoms with E-state index in [0.29, 0.717) is 17.7 Å². The van der Waals surface area contributed by atoms with Crippen LogP contribution in [0.25, 0.3) is 5.82 Å². The van der Waals surface area contributed by atoms with Gasteiger partial charge in [-0.2, -0.15) is 9.67 Å². The van der Waals surface area contributed by atoms with Crippen LogP contribution >= 0.6 is 0 Å². The van der Waals surface area contributed by atoms with Crippen molar-refractivity contribution >= 4 is 11.9 Å². The van der Waals surface area contributed by atoms with Gasteiger partial charge in [-0.1, -0.05) is 0 Å². The molecule has 7 nitrogen and oxygen atoms in total. The standard InChI is InChI=1S/C8H11N7/c1-14(2)8-12-7(9)15(13-8)6-5-10-3-4-11-6/h3-5H,1-2H3,(H2,9,12,13). The van der Waals surface area contributed by atoms with Crippen LogP contribution in [0.2, 0.25) is 0 Å². The molecule has 2 heterocycles. The smallest absolute Gasteiger partial charge is 0.246 e. The molecule has 0 aliphatic carbocycles. The van der Waals surface area contributed by atoms with Crippen LogP contribution in [0.5, 0.6) is 0 Å². The summed E-state index contributed by atoms with van der Waals surface area (Å²) in [6.07, 6.45) is 4.74. The number of anilines is 2. The van der Waals surface area contributed by atoms with Gasteiger partial charge >= 0.3 is 0 Å². The molecule has 0 radical (unpaired) electrons. The molecule has 7 heteroatoms. The van der Waals surface area contributed by atoms with Crippen LogP contribution in [0.1, 0.15) is 0 Å². The zero-order valence-corrected chi connectivity index (χ0v) is 8.49. The summed E-state index contributed by atoms with van der Waals surface area (Å²) >= 11 is 0. The van der Waals surface area contributed by atoms with Gasteiger partial charge in [0.25, 0.3) is 0 Å². The number of nitrogen functional groups attached to an aromatic ring is 1. The molecule has 2 aromatic rings. The lowest BCUT2D eigenvalue weighted by atomic mass is 10.6. The Balaban J connectivity index is 2.45. The molecule has 0 saturated carbocycles. The summed E-state index contributed by atoms with van der Waals surface area (Å²) in [4.78, 5) is 13.9. The molecule has 15 heavy (non-hydrogen) atoms. The van der Waals surface area contributed by atoms with Crippen molar-refractivity contribution in [3.05, 3.63) is 18.6 Å². The topological polar surface area (TPSA) is 85.8 Å². The number of hydrogen-bond donors (Lipinski definition) is 1. The third-order valence-corrected chi connectivity index (χ3v) is 1.79. The summed E-state index contributed by atoms with van der Waals surface area (Å²) in [5, 5.41) is 4.18. The molecule has 0 saturated heterocycles. The molecule has 0 spiro atoms. The summed E-state index contributed by atoms with van der Waals surface area (Å²) in [7, 11) is 3.69. The molecule has 0 aliphatic rings. The number of aromatic nitrogens is 5. The Morgan fingerprint density at radius 3 is 2.67 bits per heavy atom. The van der Waals surface area contributed by atoms with Crippen LogP contribution < -0.4 is 10.6 Å². The number of nitrogens with two attached hydrogens (primary N) is 1. The quantitative estimate of drug-likeness (QED) is 0.724. The van der Waals surface area contributed by atoms with Crippen molar-refractivity contribution in [2.75, 3.05) is 24.7 Å². The minimum atomic E-state index is 0.291. The fraction of sp³-hybridized carbons (Fsp3) is 0.250. The Hall–Kier alpha value is -2.18. The first kappa shape index (κ1) is 9.38. The molecule has 0 bridgehead atoms. The Morgan fingerprint density at radius 2 is 2.13 bits per heavy atom. The SMILES string of the molecule is CN(C)c1nc(N)n(-c2cnccn2)n1. The molecule has 2 N–H and O–H groups in total. The molecule has 78 valence electrons. The average molecular weight is 205 g/mol. The van der Waals surface area contributed by atoms with E-state index >= 15 is 0 Å². The molecule has 2 aromatic heterocycles. The van der Waals surface area contributed by atoms with E-state index in [1.807, 2.05) is 14.1 Å². The summed E-state index contributed by atoms with van der Waals surface area (Å²) in [6, 6.07) is 0. The first-order chi connectivity index (χ1) is 7.18. The van der Waals surface area contributed by atoms with Crippen molar-refractivity contribution in [2.45, 2.75) is 0 Å². The van der Waals surface area contributed by atoms with Crippen LogP contribution in [0.4, 0.5) is 11.9 Å². The first-order valence-electron chi connectivity index (χ1n) is 4.34. The summed E-state index contributed by atoms with van der Waals surface area (Å²) in [6.45, 7) is 0. The van der Waals surface area contributed by atoms with Crippen LogP contribution in [-0.2, 0) is 0 Å². The summed E-state index contributed by atoms with van der Waals surface area (Å²) < 4.78 is 1.45. The van der Waals surface area contributed by atoms with E-state index in [0.717, 1.165) is 0 Å². The Bertz CT molecular complexity index is 447. The van der Waals surface area contributed by atoms with Crippen LogP contribution in [0.3, 0.4) is 0 Å². The van der Waals surface area contributed by atoms with E-state index in [1.54, 1.807) is 23.5 Å². The molecule has 0 atom stereocenters. The maximum absolute atomic E-state index is 5.71. The Labute approximate surface area is 86.6 Å². The fourth-order valence-electron chi connectivity index (χ4n) is 1.07. The van der Waals surface area contributed by atoms with Crippen LogP contribution in [0, 0.1) is 0 Å². The third-order valence-electron chi connectivity index (χ3n) is 1.79. The molecule has 0 amide bonds. The highest BCUT2D eigenvalue weighted by molar-refractivity contribution is 5.38. The van der Waals surface area contributed by atoms with E-state index < -0.39 is 0 Å². The van der Waals surface area contributed by atoms with Crippen molar-refractivity contribution in [1.29, 1.82) is 0 Å². The highest BCUT2D eigenvalue weighted by Gasteiger charge is 2.10. The lowest BCUT2D eigenvalue weighted by Crippen LogP contribution is -2.11. The number of hydrogen-bond acceptors (Lipinski definition) is 6. The lowest BCUT2D eigenvalue weighted by molar-refractivity contribution is 0.837. The maximum atomic E-state index is 5.71. The van der Waals surface area contributed by atoms with Gasteiger partial charge in [0.05, 0.1) is 6.20 Å². The van der Waals surface area contributed by atoms with Gasteiger partial charge in [0.15, 0.2) is 5.82 Å². The third kappa shape index (κ3) is 1.71. The summed E-state index contributed by atoms with van der Waals surface area (Å²) in [5.41, 5.74) is 5.71. The average Bonchev–Trinajstić information content (AvgIpc) is 2.62. The molecule has 0 aliphatic heterocycles. The largest absolute Gasteiger partial charge is 0.368 e. The highest BCUT2D eigenvalue weighted by Crippen LogP contribution is 2.11. The van der Waals surface area contributed by atoms with Crippen molar-refractivity contribution in [1.82, 2.24) is 24.7 Å². The molecule has 0 aromatic carbocycles. The van der Waals surface area contributed by atoms with Gasteiger partial charge in [-0.05, 0) is 0 Å². The van der Waals surface area contributed by atoms with Gasteiger partial charge < -0.3 is 10.6 Å². The molecular formula is C8H11N7. The number of nitrogens with zero attached hydrogens (tertiary/aromatic N) is 6. The fourth-order valence-corrected chi connectivity index (χ4v) is 1.07. The van der Waals surface area contributed by atoms with Gasteiger partial charge in [0.2, 0.25) is 11.9 Å². The van der Waals surface area contributed by atoms with Gasteiger partial charge in [-0.15, -0.1) is 5.10 Å². The summed E-state index contributed by atoms with van der Waals surface area (Å²) in [5.74, 6) is 1.38. The Kier molecular flexibility index (Phi) is 2.20. The van der Waals surface area contributed by atoms with Gasteiger partial charge in [0.1, 0.15) is 0 Å². The zero-order chi connectivity index (χ0) is 10.8. The van der Waals surface area contributed by atoms with E-state index in [4.69, 9.17) is 5.73 Å². The van der Waals surface area contributed by atoms with E-state index in [-0.39, 0.29) is 0 Å². The van der Waals surface area contributed by atoms with Gasteiger partial charge in [-0.25, -0.2) is 4.98 Å². The van der Waals surface area contributed by atoms with Crippen molar-refractivity contribution in [3.8, 4) is 5.82 Å². The zero-order valence-electron chi connectivity index (χ0n) is 8.49. The van der Waals surface area contributed by atoms with Crippen molar-refractivity contribution in [2.24, 2.45) is 0 Å². The normalized spacial score (nSPS) is 10.3. The van der Waals surface area contributed by atoms with E-state index in [9.17, 15) is 0 Å². The second-order valence-electron chi connectivity index (χ2n) is 3.14. The highest BCUT2D eigenvalue weighted by atomic mass is 15.5. The minimum absolute atomic E-state index is 0.291. The van der Waals surface area contributed by atoms with Gasteiger partial charge in [0, 0.05) is 26.5 Å². The van der Waals surface area contributed by atoms with E-state index in [2.05, 4.69) is 20.1 Å². The van der Waals surface area contributed by atoms with Crippen LogP contribution in [0.15, 0.2) is 18.6 Å². The van der Waals surface area contributed by atoms with E-state index in [1.165, 1.54) is 4.68 Å². The lowest BCUT2D eigenvalue weighted by Gasteiger charge is -2.03. The van der Waals surface area contributed by atoms with Crippen molar-refractivity contribution in [3.63, 3.8) is 0 Å². The van der Waals surface area contributed by atoms with Gasteiger partial charge in [-0.3, -0.25) is 4.98 Å². The second-order valence-corrected chi connectivity index (χ2v) is 3.14. The monoisotopic (exact) mass is 205 g/mol. The maximum Gasteiger partial charge on any atom is 0.246 e. The first-order valence-corrected chi connectivity index (χ1v) is 4.34. The Morgan fingerprint density at radius 1 is 1.33 bits per heavy atom. The second kappa shape index (κ2) is 3.52. The minimum Gasteiger partial charge on any atom is -0.368 e. The molecule has 2 rings (SSSR count).